The molecule has 0 aromatic heterocycles. The van der Waals surface area contributed by atoms with E-state index in [0.29, 0.717) is 0 Å². The normalized spacial score (nSPS) is 15.9. The van der Waals surface area contributed by atoms with Crippen molar-refractivity contribution in [2.75, 3.05) is 26.0 Å². The Morgan fingerprint density at radius 3 is 2.85 bits per heavy atom. The highest BCUT2D eigenvalue weighted by atomic mass is 35.5. The zero-order valence-corrected chi connectivity index (χ0v) is 13.7. The van der Waals surface area contributed by atoms with E-state index in [1.165, 1.54) is 41.9 Å². The second kappa shape index (κ2) is 8.93. The number of rotatable bonds is 8. The van der Waals surface area contributed by atoms with E-state index in [-0.39, 0.29) is 0 Å². The SMILES string of the molecule is COCCNCc1ccc(SCC2CCCC2)c(Cl)c1. The molecule has 1 aliphatic rings. The predicted octanol–water partition coefficient (Wildman–Crippen LogP) is 4.36. The van der Waals surface area contributed by atoms with Crippen LogP contribution in [-0.2, 0) is 11.3 Å². The zero-order valence-electron chi connectivity index (χ0n) is 12.2. The molecule has 4 heteroatoms. The highest BCUT2D eigenvalue weighted by Crippen LogP contribution is 2.34. The zero-order chi connectivity index (χ0) is 14.2. The molecule has 0 radical (unpaired) electrons. The Kier molecular flexibility index (Phi) is 7.22. The largest absolute Gasteiger partial charge is 0.383 e. The van der Waals surface area contributed by atoms with Gasteiger partial charge in [-0.1, -0.05) is 30.5 Å². The molecule has 0 unspecified atom stereocenters. The summed E-state index contributed by atoms with van der Waals surface area (Å²) in [6.45, 7) is 2.45. The maximum Gasteiger partial charge on any atom is 0.0587 e. The first-order valence-electron chi connectivity index (χ1n) is 7.40. The van der Waals surface area contributed by atoms with Gasteiger partial charge in [0.2, 0.25) is 0 Å². The van der Waals surface area contributed by atoms with E-state index < -0.39 is 0 Å². The lowest BCUT2D eigenvalue weighted by molar-refractivity contribution is 0.199. The van der Waals surface area contributed by atoms with Crippen LogP contribution in [0.2, 0.25) is 5.02 Å². The summed E-state index contributed by atoms with van der Waals surface area (Å²) in [7, 11) is 1.72. The Labute approximate surface area is 131 Å². The van der Waals surface area contributed by atoms with Crippen molar-refractivity contribution in [2.24, 2.45) is 5.92 Å². The van der Waals surface area contributed by atoms with Crippen molar-refractivity contribution in [1.29, 1.82) is 0 Å². The second-order valence-electron chi connectivity index (χ2n) is 5.40. The molecule has 112 valence electrons. The molecule has 0 spiro atoms. The second-order valence-corrected chi connectivity index (χ2v) is 6.86. The fraction of sp³-hybridized carbons (Fsp3) is 0.625. The van der Waals surface area contributed by atoms with Crippen molar-refractivity contribution in [3.63, 3.8) is 0 Å². The quantitative estimate of drug-likeness (QED) is 0.569. The smallest absolute Gasteiger partial charge is 0.0587 e. The van der Waals surface area contributed by atoms with Gasteiger partial charge in [0.05, 0.1) is 11.6 Å². The molecule has 0 saturated heterocycles. The van der Waals surface area contributed by atoms with Crippen LogP contribution in [-0.4, -0.2) is 26.0 Å². The monoisotopic (exact) mass is 313 g/mol. The number of ether oxygens (including phenoxy) is 1. The molecule has 1 fully saturated rings. The average molecular weight is 314 g/mol. The fourth-order valence-corrected chi connectivity index (χ4v) is 4.04. The van der Waals surface area contributed by atoms with Gasteiger partial charge in [-0.3, -0.25) is 0 Å². The van der Waals surface area contributed by atoms with Gasteiger partial charge in [0.1, 0.15) is 0 Å². The van der Waals surface area contributed by atoms with E-state index in [4.69, 9.17) is 16.3 Å². The minimum atomic E-state index is 0.739. The van der Waals surface area contributed by atoms with Gasteiger partial charge in [0, 0.05) is 30.8 Å². The first-order chi connectivity index (χ1) is 9.79. The number of methoxy groups -OCH3 is 1. The molecule has 0 atom stereocenters. The maximum atomic E-state index is 6.38. The number of thioether (sulfide) groups is 1. The van der Waals surface area contributed by atoms with Gasteiger partial charge in [0.25, 0.3) is 0 Å². The molecular weight excluding hydrogens is 290 g/mol. The Hall–Kier alpha value is -0.220. The van der Waals surface area contributed by atoms with E-state index in [2.05, 4.69) is 23.5 Å². The van der Waals surface area contributed by atoms with Crippen molar-refractivity contribution in [2.45, 2.75) is 37.1 Å². The number of hydrogen-bond donors (Lipinski definition) is 1. The number of hydrogen-bond acceptors (Lipinski definition) is 3. The molecule has 0 heterocycles. The topological polar surface area (TPSA) is 21.3 Å². The molecule has 0 aliphatic heterocycles. The van der Waals surface area contributed by atoms with Gasteiger partial charge in [-0.15, -0.1) is 11.8 Å². The molecular formula is C16H24ClNOS. The maximum absolute atomic E-state index is 6.38. The molecule has 1 aromatic rings. The molecule has 0 bridgehead atoms. The lowest BCUT2D eigenvalue weighted by atomic mass is 10.1. The Morgan fingerprint density at radius 2 is 2.15 bits per heavy atom. The Balaban J connectivity index is 1.78. The summed E-state index contributed by atoms with van der Waals surface area (Å²) in [5.41, 5.74) is 1.23. The third kappa shape index (κ3) is 5.28. The molecule has 1 aromatic carbocycles. The summed E-state index contributed by atoms with van der Waals surface area (Å²) in [4.78, 5) is 1.22. The summed E-state index contributed by atoms with van der Waals surface area (Å²) >= 11 is 8.29. The number of halogens is 1. The molecule has 20 heavy (non-hydrogen) atoms. The first kappa shape index (κ1) is 16.2. The average Bonchev–Trinajstić information content (AvgIpc) is 2.96. The molecule has 0 amide bonds. The number of benzene rings is 1. The summed E-state index contributed by atoms with van der Waals surface area (Å²) < 4.78 is 5.01. The van der Waals surface area contributed by atoms with Crippen LogP contribution in [0.4, 0.5) is 0 Å². The summed E-state index contributed by atoms with van der Waals surface area (Å²) in [5.74, 6) is 2.11. The Bertz CT molecular complexity index is 407. The fourth-order valence-electron chi connectivity index (χ4n) is 2.56. The Morgan fingerprint density at radius 1 is 1.35 bits per heavy atom. The van der Waals surface area contributed by atoms with Crippen molar-refractivity contribution in [3.8, 4) is 0 Å². The summed E-state index contributed by atoms with van der Waals surface area (Å²) in [5, 5.41) is 4.22. The van der Waals surface area contributed by atoms with Crippen molar-refractivity contribution in [1.82, 2.24) is 5.32 Å². The number of nitrogens with one attached hydrogen (secondary N) is 1. The predicted molar refractivity (Wildman–Crippen MR) is 87.7 cm³/mol. The summed E-state index contributed by atoms with van der Waals surface area (Å²) in [6, 6.07) is 6.41. The molecule has 2 rings (SSSR count). The van der Waals surface area contributed by atoms with Gasteiger partial charge in [-0.25, -0.2) is 0 Å². The van der Waals surface area contributed by atoms with Crippen molar-refractivity contribution >= 4 is 23.4 Å². The van der Waals surface area contributed by atoms with Crippen LogP contribution in [0, 0.1) is 5.92 Å². The lowest BCUT2D eigenvalue weighted by Crippen LogP contribution is -2.18. The summed E-state index contributed by atoms with van der Waals surface area (Å²) in [6.07, 6.45) is 5.61. The van der Waals surface area contributed by atoms with E-state index in [0.717, 1.165) is 30.6 Å². The van der Waals surface area contributed by atoms with E-state index in [1.807, 2.05) is 11.8 Å². The van der Waals surface area contributed by atoms with Crippen LogP contribution >= 0.6 is 23.4 Å². The molecule has 1 N–H and O–H groups in total. The van der Waals surface area contributed by atoms with E-state index in [9.17, 15) is 0 Å². The minimum Gasteiger partial charge on any atom is -0.383 e. The molecule has 1 aliphatic carbocycles. The van der Waals surface area contributed by atoms with Gasteiger partial charge < -0.3 is 10.1 Å². The minimum absolute atomic E-state index is 0.739. The van der Waals surface area contributed by atoms with Gasteiger partial charge in [-0.2, -0.15) is 0 Å². The van der Waals surface area contributed by atoms with Gasteiger partial charge in [0.15, 0.2) is 0 Å². The van der Waals surface area contributed by atoms with Crippen LogP contribution in [0.15, 0.2) is 23.1 Å². The van der Waals surface area contributed by atoms with Gasteiger partial charge in [-0.05, 0) is 36.5 Å². The molecule has 1 saturated carbocycles. The van der Waals surface area contributed by atoms with Crippen molar-refractivity contribution < 1.29 is 4.74 Å². The third-order valence-electron chi connectivity index (χ3n) is 3.76. The third-order valence-corrected chi connectivity index (χ3v) is 5.49. The standard InChI is InChI=1S/C16H24ClNOS/c1-19-9-8-18-11-14-6-7-16(15(17)10-14)20-12-13-4-2-3-5-13/h6-7,10,13,18H,2-5,8-9,11-12H2,1H3. The highest BCUT2D eigenvalue weighted by Gasteiger charge is 2.15. The van der Waals surface area contributed by atoms with E-state index >= 15 is 0 Å². The first-order valence-corrected chi connectivity index (χ1v) is 8.77. The van der Waals surface area contributed by atoms with Crippen LogP contribution < -0.4 is 5.32 Å². The highest BCUT2D eigenvalue weighted by molar-refractivity contribution is 7.99. The van der Waals surface area contributed by atoms with Crippen LogP contribution in [0.3, 0.4) is 0 Å². The van der Waals surface area contributed by atoms with E-state index in [1.54, 1.807) is 7.11 Å². The van der Waals surface area contributed by atoms with Crippen LogP contribution in [0.25, 0.3) is 0 Å². The molecule has 2 nitrogen and oxygen atoms in total. The van der Waals surface area contributed by atoms with Gasteiger partial charge >= 0.3 is 0 Å². The van der Waals surface area contributed by atoms with Crippen LogP contribution in [0.5, 0.6) is 0 Å². The van der Waals surface area contributed by atoms with Crippen LogP contribution in [0.1, 0.15) is 31.2 Å². The van der Waals surface area contributed by atoms with Crippen molar-refractivity contribution in [3.05, 3.63) is 28.8 Å². The lowest BCUT2D eigenvalue weighted by Gasteiger charge is -2.11.